The van der Waals surface area contributed by atoms with Gasteiger partial charge in [-0.15, -0.1) is 11.8 Å². The van der Waals surface area contributed by atoms with Crippen molar-refractivity contribution in [1.82, 2.24) is 0 Å². The molecule has 1 aromatic carbocycles. The molecule has 16 heavy (non-hydrogen) atoms. The van der Waals surface area contributed by atoms with E-state index in [1.165, 1.54) is 18.7 Å². The molecule has 84 valence electrons. The van der Waals surface area contributed by atoms with Crippen LogP contribution in [0.2, 0.25) is 0 Å². The number of rotatable bonds is 2. The van der Waals surface area contributed by atoms with Crippen LogP contribution in [0.25, 0.3) is 0 Å². The van der Waals surface area contributed by atoms with Crippen LogP contribution in [0, 0.1) is 0 Å². The molecule has 1 atom stereocenters. The van der Waals surface area contributed by atoms with Crippen molar-refractivity contribution in [3.05, 3.63) is 24.3 Å². The smallest absolute Gasteiger partial charge is 0.302 e. The maximum Gasteiger partial charge on any atom is 0.302 e. The number of hydrogen-bond acceptors (Lipinski definition) is 4. The molecule has 0 saturated heterocycles. The Kier molecular flexibility index (Phi) is 3.14. The molecule has 0 spiro atoms. The van der Waals surface area contributed by atoms with E-state index in [-0.39, 0.29) is 23.7 Å². The number of para-hydroxylation sites is 1. The van der Waals surface area contributed by atoms with Gasteiger partial charge >= 0.3 is 5.97 Å². The van der Waals surface area contributed by atoms with Crippen LogP contribution in [0.4, 0.5) is 5.69 Å². The van der Waals surface area contributed by atoms with Crippen LogP contribution < -0.4 is 5.32 Å². The number of thioether (sulfide) groups is 1. The number of carbonyl (C=O) groups is 2. The van der Waals surface area contributed by atoms with Crippen LogP contribution in [0.1, 0.15) is 6.92 Å². The minimum Gasteiger partial charge on any atom is -0.464 e. The predicted octanol–water partition coefficient (Wildman–Crippen LogP) is 1.66. The van der Waals surface area contributed by atoms with E-state index in [9.17, 15) is 9.59 Å². The second-order valence-electron chi connectivity index (χ2n) is 3.39. The Morgan fingerprint density at radius 1 is 1.50 bits per heavy atom. The van der Waals surface area contributed by atoms with Crippen molar-refractivity contribution in [2.75, 3.05) is 11.9 Å². The molecule has 0 unspecified atom stereocenters. The molecule has 1 aromatic rings. The highest BCUT2D eigenvalue weighted by Gasteiger charge is 2.27. The maximum absolute atomic E-state index is 11.6. The van der Waals surface area contributed by atoms with Crippen LogP contribution in [-0.4, -0.2) is 23.7 Å². The number of fused-ring (bicyclic) bond motifs is 1. The lowest BCUT2D eigenvalue weighted by molar-refractivity contribution is -0.141. The highest BCUT2D eigenvalue weighted by atomic mass is 32.2. The van der Waals surface area contributed by atoms with Gasteiger partial charge in [0.05, 0.1) is 5.69 Å². The van der Waals surface area contributed by atoms with E-state index in [0.717, 1.165) is 10.6 Å². The van der Waals surface area contributed by atoms with Gasteiger partial charge in [0.1, 0.15) is 11.9 Å². The van der Waals surface area contributed by atoms with E-state index in [2.05, 4.69) is 5.32 Å². The van der Waals surface area contributed by atoms with E-state index < -0.39 is 0 Å². The number of amides is 1. The predicted molar refractivity (Wildman–Crippen MR) is 61.3 cm³/mol. The fourth-order valence-corrected chi connectivity index (χ4v) is 2.41. The summed E-state index contributed by atoms with van der Waals surface area (Å²) in [5.41, 5.74) is 0.816. The first kappa shape index (κ1) is 11.0. The van der Waals surface area contributed by atoms with Crippen LogP contribution in [0.15, 0.2) is 29.2 Å². The number of hydrogen-bond donors (Lipinski definition) is 1. The van der Waals surface area contributed by atoms with Gasteiger partial charge in [-0.25, -0.2) is 0 Å². The molecule has 2 rings (SSSR count). The summed E-state index contributed by atoms with van der Waals surface area (Å²) in [4.78, 5) is 23.3. The summed E-state index contributed by atoms with van der Waals surface area (Å²) in [5, 5.41) is 2.42. The molecule has 0 aromatic heterocycles. The zero-order valence-electron chi connectivity index (χ0n) is 8.73. The third kappa shape index (κ3) is 2.36. The zero-order chi connectivity index (χ0) is 11.5. The van der Waals surface area contributed by atoms with E-state index in [4.69, 9.17) is 4.74 Å². The Morgan fingerprint density at radius 2 is 2.25 bits per heavy atom. The average molecular weight is 237 g/mol. The lowest BCUT2D eigenvalue weighted by atomic mass is 10.3. The van der Waals surface area contributed by atoms with Crippen LogP contribution in [0.5, 0.6) is 0 Å². The molecule has 4 nitrogen and oxygen atoms in total. The van der Waals surface area contributed by atoms with Gasteiger partial charge in [-0.3, -0.25) is 9.59 Å². The minimum atomic E-state index is -0.368. The SMILES string of the molecule is CC(=O)OC[C@H]1Sc2ccccc2NC1=O. The molecule has 1 N–H and O–H groups in total. The molecule has 0 saturated carbocycles. The molecule has 0 radical (unpaired) electrons. The van der Waals surface area contributed by atoms with Crippen molar-refractivity contribution in [2.45, 2.75) is 17.1 Å². The average Bonchev–Trinajstić information content (AvgIpc) is 2.26. The third-order valence-electron chi connectivity index (χ3n) is 2.14. The largest absolute Gasteiger partial charge is 0.464 e. The lowest BCUT2D eigenvalue weighted by Crippen LogP contribution is -2.33. The number of esters is 1. The Morgan fingerprint density at radius 3 is 3.00 bits per heavy atom. The third-order valence-corrected chi connectivity index (χ3v) is 3.39. The van der Waals surface area contributed by atoms with Gasteiger partial charge in [0.15, 0.2) is 0 Å². The summed E-state index contributed by atoms with van der Waals surface area (Å²) >= 11 is 1.42. The summed E-state index contributed by atoms with van der Waals surface area (Å²) in [6, 6.07) is 7.56. The Bertz CT molecular complexity index is 433. The fraction of sp³-hybridized carbons (Fsp3) is 0.273. The van der Waals surface area contributed by atoms with Crippen molar-refractivity contribution in [3.8, 4) is 0 Å². The number of anilines is 1. The van der Waals surface area contributed by atoms with Crippen molar-refractivity contribution < 1.29 is 14.3 Å². The molecular formula is C11H11NO3S. The highest BCUT2D eigenvalue weighted by Crippen LogP contribution is 2.35. The van der Waals surface area contributed by atoms with Gasteiger partial charge in [-0.2, -0.15) is 0 Å². The summed E-state index contributed by atoms with van der Waals surface area (Å²) in [7, 11) is 0. The van der Waals surface area contributed by atoms with Crippen LogP contribution in [-0.2, 0) is 14.3 Å². The van der Waals surface area contributed by atoms with Crippen molar-refractivity contribution >= 4 is 29.3 Å². The van der Waals surface area contributed by atoms with Crippen molar-refractivity contribution in [3.63, 3.8) is 0 Å². The first-order valence-corrected chi connectivity index (χ1v) is 5.74. The highest BCUT2D eigenvalue weighted by molar-refractivity contribution is 8.01. The zero-order valence-corrected chi connectivity index (χ0v) is 9.54. The van der Waals surface area contributed by atoms with Crippen molar-refractivity contribution in [2.24, 2.45) is 0 Å². The first-order chi connectivity index (χ1) is 7.66. The number of benzene rings is 1. The topological polar surface area (TPSA) is 55.4 Å². The summed E-state index contributed by atoms with van der Waals surface area (Å²) in [6.07, 6.45) is 0. The molecule has 5 heteroatoms. The van der Waals surface area contributed by atoms with Gasteiger partial charge in [0.25, 0.3) is 0 Å². The Hall–Kier alpha value is -1.49. The van der Waals surface area contributed by atoms with E-state index >= 15 is 0 Å². The first-order valence-electron chi connectivity index (χ1n) is 4.87. The normalized spacial score (nSPS) is 18.6. The molecule has 1 aliphatic rings. The molecule has 0 bridgehead atoms. The maximum atomic E-state index is 11.6. The van der Waals surface area contributed by atoms with Gasteiger partial charge in [0, 0.05) is 11.8 Å². The van der Waals surface area contributed by atoms with E-state index in [1.54, 1.807) is 0 Å². The van der Waals surface area contributed by atoms with E-state index in [0.29, 0.717) is 0 Å². The minimum absolute atomic E-state index is 0.111. The van der Waals surface area contributed by atoms with Gasteiger partial charge in [-0.05, 0) is 12.1 Å². The quantitative estimate of drug-likeness (QED) is 0.795. The second-order valence-corrected chi connectivity index (χ2v) is 4.64. The van der Waals surface area contributed by atoms with Gasteiger partial charge in [0.2, 0.25) is 5.91 Å². The molecule has 1 heterocycles. The summed E-state index contributed by atoms with van der Waals surface area (Å²) < 4.78 is 4.85. The summed E-state index contributed by atoms with van der Waals surface area (Å²) in [5.74, 6) is -0.489. The molecule has 1 amide bonds. The Labute approximate surface area is 97.4 Å². The molecule has 0 aliphatic carbocycles. The van der Waals surface area contributed by atoms with Crippen molar-refractivity contribution in [1.29, 1.82) is 0 Å². The number of carbonyl (C=O) groups excluding carboxylic acids is 2. The molecule has 1 aliphatic heterocycles. The van der Waals surface area contributed by atoms with Gasteiger partial charge in [-0.1, -0.05) is 12.1 Å². The fourth-order valence-electron chi connectivity index (χ4n) is 1.40. The Balaban J connectivity index is 2.09. The van der Waals surface area contributed by atoms with E-state index in [1.807, 2.05) is 24.3 Å². The second kappa shape index (κ2) is 4.57. The molecular weight excluding hydrogens is 226 g/mol. The lowest BCUT2D eigenvalue weighted by Gasteiger charge is -2.23. The molecule has 0 fully saturated rings. The van der Waals surface area contributed by atoms with Crippen LogP contribution in [0.3, 0.4) is 0 Å². The van der Waals surface area contributed by atoms with Crippen LogP contribution >= 0.6 is 11.8 Å². The number of nitrogens with one attached hydrogen (secondary N) is 1. The number of ether oxygens (including phenoxy) is 1. The standard InChI is InChI=1S/C11H11NO3S/c1-7(13)15-6-10-11(14)12-8-4-2-3-5-9(8)16-10/h2-5,10H,6H2,1H3,(H,12,14)/t10-/m1/s1. The summed E-state index contributed by atoms with van der Waals surface area (Å²) in [6.45, 7) is 1.44. The van der Waals surface area contributed by atoms with Gasteiger partial charge < -0.3 is 10.1 Å². The monoisotopic (exact) mass is 237 g/mol.